The third-order valence-corrected chi connectivity index (χ3v) is 7.97. The molecule has 1 aromatic heterocycles. The number of nitrogens with one attached hydrogen (secondary N) is 1. The van der Waals surface area contributed by atoms with Crippen LogP contribution in [0.25, 0.3) is 0 Å². The summed E-state index contributed by atoms with van der Waals surface area (Å²) in [7, 11) is 0. The van der Waals surface area contributed by atoms with E-state index in [1.54, 1.807) is 0 Å². The van der Waals surface area contributed by atoms with Crippen molar-refractivity contribution >= 4 is 17.5 Å². The molecule has 2 fully saturated rings. The molecule has 1 amide bonds. The minimum atomic E-state index is -0.520. The molecular formula is C30H35N3O4. The summed E-state index contributed by atoms with van der Waals surface area (Å²) in [6.45, 7) is 10.5. The number of hydrogen-bond acceptors (Lipinski definition) is 6. The zero-order chi connectivity index (χ0) is 26.2. The normalized spacial score (nSPS) is 21.2. The van der Waals surface area contributed by atoms with Gasteiger partial charge < -0.3 is 19.3 Å². The van der Waals surface area contributed by atoms with Crippen molar-refractivity contribution < 1.29 is 19.2 Å². The number of hydrogen-bond donors (Lipinski definition) is 2. The van der Waals surface area contributed by atoms with Crippen LogP contribution in [-0.4, -0.2) is 28.9 Å². The maximum atomic E-state index is 12.7. The molecule has 5 rings (SSSR count). The molecule has 2 heterocycles. The van der Waals surface area contributed by atoms with Crippen molar-refractivity contribution in [3.05, 3.63) is 89.5 Å². The molecule has 3 atom stereocenters. The summed E-state index contributed by atoms with van der Waals surface area (Å²) in [6, 6.07) is 18.4. The number of aliphatic hydroxyl groups is 1. The van der Waals surface area contributed by atoms with Crippen LogP contribution in [0.1, 0.15) is 74.1 Å². The van der Waals surface area contributed by atoms with E-state index in [-0.39, 0.29) is 29.2 Å². The summed E-state index contributed by atoms with van der Waals surface area (Å²) < 4.78 is 11.3. The van der Waals surface area contributed by atoms with Gasteiger partial charge >= 0.3 is 6.09 Å². The Bertz CT molecular complexity index is 1260. The van der Waals surface area contributed by atoms with Crippen LogP contribution in [0.4, 0.5) is 16.2 Å². The fourth-order valence-corrected chi connectivity index (χ4v) is 5.54. The number of benzene rings is 2. The van der Waals surface area contributed by atoms with Gasteiger partial charge in [0.15, 0.2) is 5.76 Å². The Morgan fingerprint density at radius 1 is 1.22 bits per heavy atom. The largest absolute Gasteiger partial charge is 0.512 e. The van der Waals surface area contributed by atoms with Crippen molar-refractivity contribution in [2.75, 3.05) is 16.8 Å². The molecule has 0 spiro atoms. The van der Waals surface area contributed by atoms with E-state index in [2.05, 4.69) is 53.1 Å². The zero-order valence-corrected chi connectivity index (χ0v) is 21.7. The van der Waals surface area contributed by atoms with E-state index in [0.29, 0.717) is 17.1 Å². The highest BCUT2D eigenvalue weighted by molar-refractivity contribution is 5.86. The van der Waals surface area contributed by atoms with Crippen LogP contribution in [0.2, 0.25) is 0 Å². The number of allylic oxidation sites excluding steroid dienone is 1. The molecular weight excluding hydrogens is 466 g/mol. The third-order valence-electron chi connectivity index (χ3n) is 7.97. The Kier molecular flexibility index (Phi) is 6.71. The van der Waals surface area contributed by atoms with Gasteiger partial charge in [-0.2, -0.15) is 0 Å². The number of carbonyl (C=O) groups is 1. The number of anilines is 2. The Morgan fingerprint density at radius 2 is 1.92 bits per heavy atom. The standard InChI is InChI=1S/C30H35N3O4/c1-19-18-24(14-17-33(19)26-12-10-25(11-13-26)30(15-16-30)22(4)34)28-27(20(2)32-37-28)31-29(35)36-21(3)23-8-6-5-7-9-23/h5-13,19,21,24,34H,4,14-18H2,1-3H3,(H,31,35)/t19-,21-,24?/m1/s1. The van der Waals surface area contributed by atoms with Crippen LogP contribution < -0.4 is 10.2 Å². The maximum Gasteiger partial charge on any atom is 0.412 e. The monoisotopic (exact) mass is 501 g/mol. The fourth-order valence-electron chi connectivity index (χ4n) is 5.54. The third kappa shape index (κ3) is 4.95. The summed E-state index contributed by atoms with van der Waals surface area (Å²) in [6.07, 6.45) is 2.77. The highest BCUT2D eigenvalue weighted by Crippen LogP contribution is 2.52. The zero-order valence-electron chi connectivity index (χ0n) is 21.7. The molecule has 2 aromatic carbocycles. The lowest BCUT2D eigenvalue weighted by molar-refractivity contribution is 0.121. The van der Waals surface area contributed by atoms with E-state index >= 15 is 0 Å². The first-order valence-electron chi connectivity index (χ1n) is 13.0. The number of piperidine rings is 1. The first-order valence-corrected chi connectivity index (χ1v) is 13.0. The molecule has 7 heteroatoms. The SMILES string of the molecule is C=C(O)C1(c2ccc(N3CCC(c4onc(C)c4NC(=O)O[C@H](C)c4ccccc4)C[C@H]3C)cc2)CC1. The molecule has 0 bridgehead atoms. The second-order valence-electron chi connectivity index (χ2n) is 10.4. The van der Waals surface area contributed by atoms with Gasteiger partial charge in [0.25, 0.3) is 0 Å². The summed E-state index contributed by atoms with van der Waals surface area (Å²) in [5.74, 6) is 1.11. The topological polar surface area (TPSA) is 87.8 Å². The minimum Gasteiger partial charge on any atom is -0.512 e. The van der Waals surface area contributed by atoms with E-state index in [1.165, 1.54) is 5.69 Å². The Balaban J connectivity index is 1.23. The van der Waals surface area contributed by atoms with Gasteiger partial charge in [-0.25, -0.2) is 4.79 Å². The number of aliphatic hydroxyl groups excluding tert-OH is 1. The summed E-state index contributed by atoms with van der Waals surface area (Å²) in [5.41, 5.74) is 4.24. The Morgan fingerprint density at radius 3 is 2.54 bits per heavy atom. The van der Waals surface area contributed by atoms with E-state index in [4.69, 9.17) is 9.26 Å². The lowest BCUT2D eigenvalue weighted by atomic mass is 9.88. The molecule has 2 N–H and O–H groups in total. The lowest BCUT2D eigenvalue weighted by Crippen LogP contribution is -2.40. The van der Waals surface area contributed by atoms with Crippen LogP contribution in [0, 0.1) is 6.92 Å². The average molecular weight is 502 g/mol. The molecule has 1 aliphatic heterocycles. The Labute approximate surface area is 218 Å². The van der Waals surface area contributed by atoms with Gasteiger partial charge in [0.2, 0.25) is 0 Å². The van der Waals surface area contributed by atoms with Crippen LogP contribution in [0.3, 0.4) is 0 Å². The van der Waals surface area contributed by atoms with E-state index in [1.807, 2.05) is 44.2 Å². The van der Waals surface area contributed by atoms with Crippen molar-refractivity contribution in [3.8, 4) is 0 Å². The summed E-state index contributed by atoms with van der Waals surface area (Å²) in [5, 5.41) is 17.1. The molecule has 1 aliphatic carbocycles. The number of nitrogens with zero attached hydrogens (tertiary/aromatic N) is 2. The second kappa shape index (κ2) is 9.96. The van der Waals surface area contributed by atoms with Gasteiger partial charge in [-0.3, -0.25) is 5.32 Å². The Hall–Kier alpha value is -3.74. The number of rotatable bonds is 7. The van der Waals surface area contributed by atoms with Crippen molar-refractivity contribution in [3.63, 3.8) is 0 Å². The molecule has 1 saturated heterocycles. The van der Waals surface area contributed by atoms with Gasteiger partial charge in [0.1, 0.15) is 17.5 Å². The fraction of sp³-hybridized carbons (Fsp3) is 0.400. The van der Waals surface area contributed by atoms with Gasteiger partial charge in [-0.05, 0) is 69.7 Å². The molecule has 3 aromatic rings. The molecule has 1 unspecified atom stereocenters. The predicted octanol–water partition coefficient (Wildman–Crippen LogP) is 7.17. The maximum absolute atomic E-state index is 12.7. The van der Waals surface area contributed by atoms with Crippen molar-refractivity contribution in [2.45, 2.75) is 69.9 Å². The number of aromatic nitrogens is 1. The molecule has 7 nitrogen and oxygen atoms in total. The number of ether oxygens (including phenoxy) is 1. The van der Waals surface area contributed by atoms with Crippen LogP contribution in [-0.2, 0) is 10.2 Å². The lowest BCUT2D eigenvalue weighted by Gasteiger charge is -2.39. The highest BCUT2D eigenvalue weighted by atomic mass is 16.6. The number of amides is 1. The van der Waals surface area contributed by atoms with E-state index in [0.717, 1.165) is 43.4 Å². The first-order chi connectivity index (χ1) is 17.8. The number of carbonyl (C=O) groups excluding carboxylic acids is 1. The van der Waals surface area contributed by atoms with Gasteiger partial charge in [0.05, 0.1) is 11.2 Å². The van der Waals surface area contributed by atoms with Gasteiger partial charge in [-0.1, -0.05) is 54.2 Å². The van der Waals surface area contributed by atoms with Crippen LogP contribution in [0.5, 0.6) is 0 Å². The average Bonchev–Trinajstić information content (AvgIpc) is 3.64. The minimum absolute atomic E-state index is 0.140. The summed E-state index contributed by atoms with van der Waals surface area (Å²) in [4.78, 5) is 15.1. The van der Waals surface area contributed by atoms with E-state index in [9.17, 15) is 9.90 Å². The quantitative estimate of drug-likeness (QED) is 0.334. The highest BCUT2D eigenvalue weighted by Gasteiger charge is 2.47. The predicted molar refractivity (Wildman–Crippen MR) is 144 cm³/mol. The van der Waals surface area contributed by atoms with Gasteiger partial charge in [0, 0.05) is 24.2 Å². The molecule has 37 heavy (non-hydrogen) atoms. The molecule has 2 aliphatic rings. The second-order valence-corrected chi connectivity index (χ2v) is 10.4. The van der Waals surface area contributed by atoms with E-state index < -0.39 is 6.09 Å². The molecule has 0 radical (unpaired) electrons. The van der Waals surface area contributed by atoms with Crippen molar-refractivity contribution in [2.24, 2.45) is 0 Å². The molecule has 194 valence electrons. The number of aryl methyl sites for hydroxylation is 1. The first kappa shape index (κ1) is 24.9. The summed E-state index contributed by atoms with van der Waals surface area (Å²) >= 11 is 0. The van der Waals surface area contributed by atoms with Crippen LogP contribution in [0.15, 0.2) is 71.5 Å². The smallest absolute Gasteiger partial charge is 0.412 e. The van der Waals surface area contributed by atoms with Crippen LogP contribution >= 0.6 is 0 Å². The van der Waals surface area contributed by atoms with Crippen molar-refractivity contribution in [1.82, 2.24) is 5.16 Å². The van der Waals surface area contributed by atoms with Gasteiger partial charge in [-0.15, -0.1) is 0 Å². The molecule has 1 saturated carbocycles. The van der Waals surface area contributed by atoms with Crippen molar-refractivity contribution in [1.29, 1.82) is 0 Å².